The lowest BCUT2D eigenvalue weighted by molar-refractivity contribution is 0.0911. The first-order chi connectivity index (χ1) is 14.3. The quantitative estimate of drug-likeness (QED) is 0.464. The van der Waals surface area contributed by atoms with Gasteiger partial charge in [-0.2, -0.15) is 0 Å². The fourth-order valence-corrected chi connectivity index (χ4v) is 5.56. The van der Waals surface area contributed by atoms with E-state index in [1.165, 1.54) is 17.7 Å². The van der Waals surface area contributed by atoms with E-state index in [2.05, 4.69) is 32.7 Å². The van der Waals surface area contributed by atoms with Gasteiger partial charge in [0.25, 0.3) is 5.91 Å². The van der Waals surface area contributed by atoms with Gasteiger partial charge >= 0.3 is 0 Å². The van der Waals surface area contributed by atoms with Crippen molar-refractivity contribution >= 4 is 38.8 Å². The summed E-state index contributed by atoms with van der Waals surface area (Å²) in [5.41, 5.74) is 0.944. The van der Waals surface area contributed by atoms with Gasteiger partial charge in [0.15, 0.2) is 16.5 Å². The van der Waals surface area contributed by atoms with Crippen molar-refractivity contribution in [2.75, 3.05) is 19.6 Å². The molecule has 148 valence electrons. The molecule has 1 atom stereocenters. The summed E-state index contributed by atoms with van der Waals surface area (Å²) in [6.07, 6.45) is 2.44. The van der Waals surface area contributed by atoms with E-state index in [-0.39, 0.29) is 11.9 Å². The Balaban J connectivity index is 1.29. The zero-order valence-corrected chi connectivity index (χ0v) is 17.5. The Hall–Kier alpha value is -2.48. The molecule has 1 aliphatic heterocycles. The number of likely N-dealkylation sites (tertiary alicyclic amines) is 1. The first-order valence-corrected chi connectivity index (χ1v) is 11.5. The van der Waals surface area contributed by atoms with Gasteiger partial charge in [-0.25, -0.2) is 4.98 Å². The Bertz CT molecular complexity index is 1080. The van der Waals surface area contributed by atoms with Crippen LogP contribution in [0, 0.1) is 0 Å². The van der Waals surface area contributed by atoms with Gasteiger partial charge in [-0.3, -0.25) is 9.69 Å². The summed E-state index contributed by atoms with van der Waals surface area (Å²) >= 11 is 3.31. The highest BCUT2D eigenvalue weighted by Gasteiger charge is 2.25. The number of thiophene rings is 1. The second kappa shape index (κ2) is 8.10. The molecule has 1 aromatic carbocycles. The Morgan fingerprint density at radius 2 is 2.00 bits per heavy atom. The van der Waals surface area contributed by atoms with Gasteiger partial charge in [-0.15, -0.1) is 22.7 Å². The monoisotopic (exact) mass is 423 g/mol. The highest BCUT2D eigenvalue weighted by Crippen LogP contribution is 2.31. The van der Waals surface area contributed by atoms with Crippen molar-refractivity contribution < 1.29 is 9.21 Å². The zero-order valence-electron chi connectivity index (χ0n) is 15.8. The second-order valence-electron chi connectivity index (χ2n) is 7.13. The molecule has 7 heteroatoms. The van der Waals surface area contributed by atoms with E-state index in [0.717, 1.165) is 28.3 Å². The van der Waals surface area contributed by atoms with Crippen molar-refractivity contribution in [1.29, 1.82) is 0 Å². The van der Waals surface area contributed by atoms with Crippen LogP contribution in [0.25, 0.3) is 21.0 Å². The predicted octanol–water partition coefficient (Wildman–Crippen LogP) is 5.18. The molecule has 5 nitrogen and oxygen atoms in total. The van der Waals surface area contributed by atoms with Crippen LogP contribution in [-0.4, -0.2) is 35.4 Å². The summed E-state index contributed by atoms with van der Waals surface area (Å²) < 4.78 is 6.94. The largest absolute Gasteiger partial charge is 0.448 e. The van der Waals surface area contributed by atoms with E-state index in [4.69, 9.17) is 4.42 Å². The Labute approximate surface area is 177 Å². The summed E-state index contributed by atoms with van der Waals surface area (Å²) in [6, 6.07) is 16.0. The highest BCUT2D eigenvalue weighted by molar-refractivity contribution is 7.21. The number of rotatable bonds is 6. The number of fused-ring (bicyclic) bond motifs is 1. The summed E-state index contributed by atoms with van der Waals surface area (Å²) in [7, 11) is 0. The van der Waals surface area contributed by atoms with Crippen LogP contribution in [0.5, 0.6) is 0 Å². The van der Waals surface area contributed by atoms with Gasteiger partial charge in [-0.05, 0) is 61.6 Å². The lowest BCUT2D eigenvalue weighted by atomic mass is 10.2. The van der Waals surface area contributed by atoms with Crippen molar-refractivity contribution in [3.8, 4) is 10.8 Å². The van der Waals surface area contributed by atoms with E-state index in [1.807, 2.05) is 30.3 Å². The predicted molar refractivity (Wildman–Crippen MR) is 118 cm³/mol. The van der Waals surface area contributed by atoms with Gasteiger partial charge < -0.3 is 9.73 Å². The lowest BCUT2D eigenvalue weighted by Crippen LogP contribution is -2.36. The van der Waals surface area contributed by atoms with Crippen LogP contribution < -0.4 is 5.32 Å². The maximum atomic E-state index is 12.7. The van der Waals surface area contributed by atoms with Gasteiger partial charge in [0.1, 0.15) is 0 Å². The molecule has 1 amide bonds. The summed E-state index contributed by atoms with van der Waals surface area (Å²) in [5, 5.41) is 5.96. The average Bonchev–Trinajstić information content (AvgIpc) is 3.55. The zero-order chi connectivity index (χ0) is 19.6. The van der Waals surface area contributed by atoms with Gasteiger partial charge in [0.05, 0.1) is 16.3 Å². The smallest absolute Gasteiger partial charge is 0.287 e. The Kier molecular flexibility index (Phi) is 5.18. The molecule has 1 N–H and O–H groups in total. The molecule has 0 saturated carbocycles. The van der Waals surface area contributed by atoms with E-state index < -0.39 is 0 Å². The summed E-state index contributed by atoms with van der Waals surface area (Å²) in [6.45, 7) is 2.75. The van der Waals surface area contributed by atoms with Crippen molar-refractivity contribution in [1.82, 2.24) is 15.2 Å². The van der Waals surface area contributed by atoms with Crippen LogP contribution in [0.15, 0.2) is 58.3 Å². The number of aromatic nitrogens is 1. The van der Waals surface area contributed by atoms with Crippen LogP contribution in [-0.2, 0) is 0 Å². The van der Waals surface area contributed by atoms with Gasteiger partial charge in [0, 0.05) is 11.4 Å². The second-order valence-corrected chi connectivity index (χ2v) is 9.14. The van der Waals surface area contributed by atoms with Crippen LogP contribution >= 0.6 is 22.7 Å². The first-order valence-electron chi connectivity index (χ1n) is 9.79. The molecule has 1 fully saturated rings. The molecule has 29 heavy (non-hydrogen) atoms. The van der Waals surface area contributed by atoms with E-state index >= 15 is 0 Å². The van der Waals surface area contributed by atoms with E-state index in [0.29, 0.717) is 18.1 Å². The van der Waals surface area contributed by atoms with Crippen molar-refractivity contribution in [3.05, 3.63) is 64.5 Å². The number of benzene rings is 1. The molecule has 1 unspecified atom stereocenters. The fraction of sp³-hybridized carbons (Fsp3) is 0.273. The Morgan fingerprint density at radius 1 is 1.14 bits per heavy atom. The number of carbonyl (C=O) groups is 1. The molecule has 0 radical (unpaired) electrons. The minimum atomic E-state index is -0.182. The summed E-state index contributed by atoms with van der Waals surface area (Å²) in [4.78, 5) is 21.1. The fourth-order valence-electron chi connectivity index (χ4n) is 3.77. The van der Waals surface area contributed by atoms with Gasteiger partial charge in [-0.1, -0.05) is 18.2 Å². The van der Waals surface area contributed by atoms with Crippen LogP contribution in [0.2, 0.25) is 0 Å². The molecule has 0 spiro atoms. The number of thiazole rings is 1. The number of nitrogens with one attached hydrogen (secondary N) is 1. The average molecular weight is 424 g/mol. The number of para-hydroxylation sites is 1. The maximum absolute atomic E-state index is 12.7. The third-order valence-corrected chi connectivity index (χ3v) is 7.27. The number of hydrogen-bond acceptors (Lipinski definition) is 6. The molecule has 4 heterocycles. The molecule has 4 aromatic rings. The minimum Gasteiger partial charge on any atom is -0.448 e. The standard InChI is InChI=1S/C22H21N3O2S2/c26-21(23-14-16(20-8-5-13-28-20)25-11-3-4-12-25)17-9-10-18(27-17)22-24-15-6-1-2-7-19(15)29-22/h1-2,5-10,13,16H,3-4,11-12,14H2,(H,23,26). The number of amides is 1. The van der Waals surface area contributed by atoms with Crippen LogP contribution in [0.4, 0.5) is 0 Å². The molecule has 1 saturated heterocycles. The van der Waals surface area contributed by atoms with Crippen LogP contribution in [0.1, 0.15) is 34.3 Å². The third-order valence-electron chi connectivity index (χ3n) is 5.24. The number of furan rings is 1. The topological polar surface area (TPSA) is 58.4 Å². The van der Waals surface area contributed by atoms with Crippen molar-refractivity contribution in [2.24, 2.45) is 0 Å². The molecule has 1 aliphatic rings. The number of nitrogens with zero attached hydrogens (tertiary/aromatic N) is 2. The van der Waals surface area contributed by atoms with Crippen LogP contribution in [0.3, 0.4) is 0 Å². The Morgan fingerprint density at radius 3 is 2.79 bits per heavy atom. The van der Waals surface area contributed by atoms with Gasteiger partial charge in [0.2, 0.25) is 0 Å². The molecule has 0 bridgehead atoms. The molecule has 0 aliphatic carbocycles. The molecular weight excluding hydrogens is 402 g/mol. The highest BCUT2D eigenvalue weighted by atomic mass is 32.1. The van der Waals surface area contributed by atoms with E-state index in [1.54, 1.807) is 28.7 Å². The normalized spacial score (nSPS) is 15.7. The number of carbonyl (C=O) groups excluding carboxylic acids is 1. The third kappa shape index (κ3) is 3.85. The maximum Gasteiger partial charge on any atom is 0.287 e. The summed E-state index contributed by atoms with van der Waals surface area (Å²) in [5.74, 6) is 0.773. The minimum absolute atomic E-state index is 0.182. The SMILES string of the molecule is O=C(NCC(c1cccs1)N1CCCC1)c1ccc(-c2nc3ccccc3s2)o1. The molecule has 5 rings (SSSR count). The first kappa shape index (κ1) is 18.5. The lowest BCUT2D eigenvalue weighted by Gasteiger charge is -2.26. The molecular formula is C22H21N3O2S2. The van der Waals surface area contributed by atoms with Crippen molar-refractivity contribution in [2.45, 2.75) is 18.9 Å². The molecule has 3 aromatic heterocycles. The van der Waals surface area contributed by atoms with E-state index in [9.17, 15) is 4.79 Å². The number of hydrogen-bond donors (Lipinski definition) is 1. The van der Waals surface area contributed by atoms with Crippen molar-refractivity contribution in [3.63, 3.8) is 0 Å².